The molecule has 2 aromatic rings. The number of anilines is 1. The van der Waals surface area contributed by atoms with Gasteiger partial charge in [-0.3, -0.25) is 0 Å². The van der Waals surface area contributed by atoms with Crippen LogP contribution in [0.3, 0.4) is 0 Å². The fraction of sp³-hybridized carbons (Fsp3) is 0.154. The summed E-state index contributed by atoms with van der Waals surface area (Å²) < 4.78 is 14.8. The van der Waals surface area contributed by atoms with Crippen molar-refractivity contribution in [3.05, 3.63) is 48.5 Å². The second kappa shape index (κ2) is 6.01. The third-order valence-corrected chi connectivity index (χ3v) is 2.45. The van der Waals surface area contributed by atoms with Gasteiger partial charge in [-0.05, 0) is 24.3 Å². The number of nitrogens with zero attached hydrogens (tertiary/aromatic N) is 1. The molecule has 1 aromatic carbocycles. The van der Waals surface area contributed by atoms with E-state index in [1.165, 1.54) is 12.1 Å². The zero-order chi connectivity index (χ0) is 13.7. The second-order valence-electron chi connectivity index (χ2n) is 3.89. The Bertz CT molecular complexity index is 569. The minimum atomic E-state index is -0.397. The van der Waals surface area contributed by atoms with Gasteiger partial charge < -0.3 is 20.3 Å². The van der Waals surface area contributed by atoms with E-state index in [4.69, 9.17) is 5.11 Å². The number of carbonyl (C=O) groups is 1. The first kappa shape index (κ1) is 13.1. The molecule has 5 nitrogen and oxygen atoms in total. The number of nitrogens with one attached hydrogen (secondary N) is 2. The standard InChI is InChI=1S/C13H14FN3O2/c14-10-2-1-3-12(8-10)17-6-4-11(9-17)16-13(19)15-5-7-18/h1-4,6,8-9,18H,5,7H2,(H2,15,16,19). The lowest BCUT2D eigenvalue weighted by Crippen LogP contribution is -2.30. The fourth-order valence-electron chi connectivity index (χ4n) is 1.61. The molecule has 0 bridgehead atoms. The van der Waals surface area contributed by atoms with Crippen LogP contribution in [0.2, 0.25) is 0 Å². The highest BCUT2D eigenvalue weighted by molar-refractivity contribution is 5.89. The summed E-state index contributed by atoms with van der Waals surface area (Å²) in [5.74, 6) is -0.318. The van der Waals surface area contributed by atoms with Crippen LogP contribution in [0.4, 0.5) is 14.9 Å². The highest BCUT2D eigenvalue weighted by Gasteiger charge is 2.03. The van der Waals surface area contributed by atoms with Crippen LogP contribution in [-0.4, -0.2) is 28.9 Å². The van der Waals surface area contributed by atoms with Crippen LogP contribution < -0.4 is 10.6 Å². The average Bonchev–Trinajstić information content (AvgIpc) is 2.85. The molecule has 0 aliphatic rings. The third kappa shape index (κ3) is 3.56. The smallest absolute Gasteiger partial charge is 0.319 e. The molecule has 6 heteroatoms. The van der Waals surface area contributed by atoms with E-state index >= 15 is 0 Å². The van der Waals surface area contributed by atoms with E-state index in [0.717, 1.165) is 0 Å². The Morgan fingerprint density at radius 3 is 2.95 bits per heavy atom. The van der Waals surface area contributed by atoms with Gasteiger partial charge in [0.15, 0.2) is 0 Å². The first-order valence-electron chi connectivity index (χ1n) is 5.78. The average molecular weight is 263 g/mol. The molecule has 2 amide bonds. The number of rotatable bonds is 4. The summed E-state index contributed by atoms with van der Waals surface area (Å²) in [7, 11) is 0. The number of aliphatic hydroxyl groups is 1. The maximum absolute atomic E-state index is 13.1. The van der Waals surface area contributed by atoms with Gasteiger partial charge in [0.1, 0.15) is 5.82 Å². The molecule has 0 saturated heterocycles. The molecule has 3 N–H and O–H groups in total. The monoisotopic (exact) mass is 263 g/mol. The predicted octanol–water partition coefficient (Wildman–Crippen LogP) is 1.73. The number of aliphatic hydroxyl groups excluding tert-OH is 1. The van der Waals surface area contributed by atoms with Crippen molar-refractivity contribution in [3.8, 4) is 5.69 Å². The van der Waals surface area contributed by atoms with Crippen LogP contribution in [-0.2, 0) is 0 Å². The summed E-state index contributed by atoms with van der Waals surface area (Å²) in [5.41, 5.74) is 1.25. The highest BCUT2D eigenvalue weighted by atomic mass is 19.1. The van der Waals surface area contributed by atoms with Crippen molar-refractivity contribution in [1.82, 2.24) is 9.88 Å². The van der Waals surface area contributed by atoms with Crippen LogP contribution >= 0.6 is 0 Å². The van der Waals surface area contributed by atoms with Crippen molar-refractivity contribution in [2.75, 3.05) is 18.5 Å². The maximum atomic E-state index is 13.1. The fourth-order valence-corrected chi connectivity index (χ4v) is 1.61. The van der Waals surface area contributed by atoms with Gasteiger partial charge in [0.25, 0.3) is 0 Å². The Hall–Kier alpha value is -2.34. The lowest BCUT2D eigenvalue weighted by molar-refractivity contribution is 0.245. The van der Waals surface area contributed by atoms with Crippen LogP contribution in [0.25, 0.3) is 5.69 Å². The first-order chi connectivity index (χ1) is 9.19. The Balaban J connectivity index is 2.05. The summed E-state index contributed by atoms with van der Waals surface area (Å²) in [6.45, 7) is 0.0775. The lowest BCUT2D eigenvalue weighted by Gasteiger charge is -2.04. The van der Waals surface area contributed by atoms with Gasteiger partial charge in [0, 0.05) is 24.6 Å². The predicted molar refractivity (Wildman–Crippen MR) is 69.8 cm³/mol. The summed E-state index contributed by atoms with van der Waals surface area (Å²) in [6, 6.07) is 7.45. The van der Waals surface area contributed by atoms with Gasteiger partial charge in [0.05, 0.1) is 12.3 Å². The molecule has 0 fully saturated rings. The van der Waals surface area contributed by atoms with Crippen molar-refractivity contribution in [2.24, 2.45) is 0 Å². The van der Waals surface area contributed by atoms with Gasteiger partial charge in [0.2, 0.25) is 0 Å². The van der Waals surface area contributed by atoms with Crippen molar-refractivity contribution in [1.29, 1.82) is 0 Å². The number of hydrogen-bond donors (Lipinski definition) is 3. The van der Waals surface area contributed by atoms with Crippen LogP contribution in [0.15, 0.2) is 42.7 Å². The number of benzene rings is 1. The number of amides is 2. The van der Waals surface area contributed by atoms with E-state index in [1.54, 1.807) is 35.2 Å². The molecule has 1 heterocycles. The molecule has 2 rings (SSSR count). The number of halogens is 1. The van der Waals surface area contributed by atoms with Crippen LogP contribution in [0.5, 0.6) is 0 Å². The van der Waals surface area contributed by atoms with Gasteiger partial charge in [-0.1, -0.05) is 6.07 Å². The number of hydrogen-bond acceptors (Lipinski definition) is 2. The first-order valence-corrected chi connectivity index (χ1v) is 5.78. The molecule has 0 aliphatic carbocycles. The van der Waals surface area contributed by atoms with E-state index in [0.29, 0.717) is 11.4 Å². The SMILES string of the molecule is O=C(NCCO)Nc1ccn(-c2cccc(F)c2)c1. The summed E-state index contributed by atoms with van der Waals surface area (Å²) in [5, 5.41) is 13.7. The summed E-state index contributed by atoms with van der Waals surface area (Å²) in [6.07, 6.45) is 3.39. The number of urea groups is 1. The van der Waals surface area contributed by atoms with Gasteiger partial charge in [-0.15, -0.1) is 0 Å². The molecule has 0 aliphatic heterocycles. The van der Waals surface area contributed by atoms with E-state index in [9.17, 15) is 9.18 Å². The molecule has 19 heavy (non-hydrogen) atoms. The van der Waals surface area contributed by atoms with Crippen LogP contribution in [0, 0.1) is 5.82 Å². The Kier molecular flexibility index (Phi) is 4.15. The minimum absolute atomic E-state index is 0.113. The third-order valence-electron chi connectivity index (χ3n) is 2.45. The van der Waals surface area contributed by atoms with E-state index in [1.807, 2.05) is 0 Å². The quantitative estimate of drug-likeness (QED) is 0.786. The molecular weight excluding hydrogens is 249 g/mol. The Labute approximate surface area is 109 Å². The number of aromatic nitrogens is 1. The Morgan fingerprint density at radius 1 is 1.37 bits per heavy atom. The van der Waals surface area contributed by atoms with Gasteiger partial charge >= 0.3 is 6.03 Å². The van der Waals surface area contributed by atoms with Gasteiger partial charge in [-0.25, -0.2) is 9.18 Å². The van der Waals surface area contributed by atoms with Crippen molar-refractivity contribution < 1.29 is 14.3 Å². The second-order valence-corrected chi connectivity index (χ2v) is 3.89. The molecule has 0 saturated carbocycles. The van der Waals surface area contributed by atoms with E-state index < -0.39 is 6.03 Å². The van der Waals surface area contributed by atoms with Crippen molar-refractivity contribution in [2.45, 2.75) is 0 Å². The topological polar surface area (TPSA) is 66.3 Å². The Morgan fingerprint density at radius 2 is 2.21 bits per heavy atom. The largest absolute Gasteiger partial charge is 0.395 e. The highest BCUT2D eigenvalue weighted by Crippen LogP contribution is 2.15. The van der Waals surface area contributed by atoms with Crippen molar-refractivity contribution in [3.63, 3.8) is 0 Å². The molecular formula is C13H14FN3O2. The summed E-state index contributed by atoms with van der Waals surface area (Å²) >= 11 is 0. The molecule has 1 aromatic heterocycles. The lowest BCUT2D eigenvalue weighted by atomic mass is 10.3. The molecule has 0 spiro atoms. The van der Waals surface area contributed by atoms with Crippen molar-refractivity contribution >= 4 is 11.7 Å². The zero-order valence-corrected chi connectivity index (χ0v) is 10.1. The maximum Gasteiger partial charge on any atom is 0.319 e. The van der Waals surface area contributed by atoms with Crippen LogP contribution in [0.1, 0.15) is 0 Å². The van der Waals surface area contributed by atoms with Gasteiger partial charge in [-0.2, -0.15) is 0 Å². The normalized spacial score (nSPS) is 10.2. The number of carbonyl (C=O) groups excluding carboxylic acids is 1. The summed E-state index contributed by atoms with van der Waals surface area (Å²) in [4.78, 5) is 11.4. The molecule has 100 valence electrons. The molecule has 0 atom stereocenters. The van der Waals surface area contributed by atoms with E-state index in [2.05, 4.69) is 10.6 Å². The molecule has 0 unspecified atom stereocenters. The van der Waals surface area contributed by atoms with E-state index in [-0.39, 0.29) is 19.0 Å². The minimum Gasteiger partial charge on any atom is -0.395 e. The zero-order valence-electron chi connectivity index (χ0n) is 10.1. The molecule has 0 radical (unpaired) electrons.